The van der Waals surface area contributed by atoms with Gasteiger partial charge in [0.1, 0.15) is 0 Å². The van der Waals surface area contributed by atoms with E-state index in [1.54, 1.807) is 18.3 Å². The molecule has 19 heavy (non-hydrogen) atoms. The highest BCUT2D eigenvalue weighted by Crippen LogP contribution is 2.26. The number of nitrogens with one attached hydrogen (secondary N) is 2. The molecule has 2 aromatic heterocycles. The van der Waals surface area contributed by atoms with Gasteiger partial charge in [0.25, 0.3) is 5.91 Å². The fourth-order valence-electron chi connectivity index (χ4n) is 1.75. The van der Waals surface area contributed by atoms with Crippen molar-refractivity contribution in [2.75, 3.05) is 12.3 Å². The molecular formula is C13H18N4OS. The van der Waals surface area contributed by atoms with Crippen LogP contribution in [-0.4, -0.2) is 22.6 Å². The van der Waals surface area contributed by atoms with Gasteiger partial charge in [-0.3, -0.25) is 9.89 Å². The maximum atomic E-state index is 12.0. The van der Waals surface area contributed by atoms with Crippen LogP contribution in [0.25, 0.3) is 0 Å². The maximum absolute atomic E-state index is 12.0. The van der Waals surface area contributed by atoms with Crippen molar-refractivity contribution in [3.63, 3.8) is 0 Å². The summed E-state index contributed by atoms with van der Waals surface area (Å²) >= 11 is 1.69. The lowest BCUT2D eigenvalue weighted by molar-refractivity contribution is 0.0942. The highest BCUT2D eigenvalue weighted by atomic mass is 32.1. The number of carbonyl (C=O) groups excluding carboxylic acids is 1. The zero-order valence-corrected chi connectivity index (χ0v) is 12.1. The zero-order chi connectivity index (χ0) is 14.0. The number of nitrogens with zero attached hydrogens (tertiary/aromatic N) is 1. The molecule has 0 unspecified atom stereocenters. The molecule has 0 aromatic carbocycles. The second-order valence-electron chi connectivity index (χ2n) is 5.15. The third-order valence-corrected chi connectivity index (χ3v) is 4.32. The summed E-state index contributed by atoms with van der Waals surface area (Å²) in [7, 11) is 0. The quantitative estimate of drug-likeness (QED) is 0.800. The Kier molecular flexibility index (Phi) is 3.61. The smallest absolute Gasteiger partial charge is 0.273 e. The first-order chi connectivity index (χ1) is 8.92. The van der Waals surface area contributed by atoms with Crippen LogP contribution in [0.1, 0.15) is 34.9 Å². The number of carbonyl (C=O) groups is 1. The summed E-state index contributed by atoms with van der Waals surface area (Å²) in [5, 5.41) is 11.6. The number of aryl methyl sites for hydroxylation is 1. The van der Waals surface area contributed by atoms with E-state index < -0.39 is 0 Å². The second kappa shape index (κ2) is 5.05. The molecular weight excluding hydrogens is 260 g/mol. The van der Waals surface area contributed by atoms with Gasteiger partial charge in [-0.1, -0.05) is 19.9 Å². The van der Waals surface area contributed by atoms with Gasteiger partial charge < -0.3 is 11.1 Å². The van der Waals surface area contributed by atoms with Crippen LogP contribution in [0.2, 0.25) is 0 Å². The van der Waals surface area contributed by atoms with E-state index in [1.165, 1.54) is 4.88 Å². The van der Waals surface area contributed by atoms with Crippen LogP contribution in [0.4, 0.5) is 5.69 Å². The Morgan fingerprint density at radius 1 is 1.58 bits per heavy atom. The van der Waals surface area contributed by atoms with E-state index in [2.05, 4.69) is 35.4 Å². The minimum Gasteiger partial charge on any atom is -0.395 e. The predicted octanol–water partition coefficient (Wildman–Crippen LogP) is 2.07. The van der Waals surface area contributed by atoms with Gasteiger partial charge in [0, 0.05) is 16.8 Å². The van der Waals surface area contributed by atoms with Crippen molar-refractivity contribution in [1.29, 1.82) is 0 Å². The number of thiophene rings is 1. The molecule has 0 bridgehead atoms. The summed E-state index contributed by atoms with van der Waals surface area (Å²) in [4.78, 5) is 13.3. The number of amides is 1. The minimum absolute atomic E-state index is 0.107. The molecule has 102 valence electrons. The summed E-state index contributed by atoms with van der Waals surface area (Å²) < 4.78 is 0. The number of nitrogen functional groups attached to an aromatic ring is 1. The van der Waals surface area contributed by atoms with Gasteiger partial charge in [0.05, 0.1) is 11.4 Å². The van der Waals surface area contributed by atoms with Crippen LogP contribution < -0.4 is 11.1 Å². The van der Waals surface area contributed by atoms with Crippen LogP contribution in [0, 0.1) is 6.92 Å². The van der Waals surface area contributed by atoms with E-state index in [1.807, 2.05) is 11.4 Å². The van der Waals surface area contributed by atoms with Crippen molar-refractivity contribution in [1.82, 2.24) is 15.5 Å². The van der Waals surface area contributed by atoms with Gasteiger partial charge in [-0.25, -0.2) is 0 Å². The van der Waals surface area contributed by atoms with Crippen LogP contribution in [0.5, 0.6) is 0 Å². The van der Waals surface area contributed by atoms with Crippen LogP contribution in [0.15, 0.2) is 17.5 Å². The standard InChI is InChI=1S/C13H18N4OS/c1-8-10(14)11(17-16-8)12(18)15-7-13(2,3)9-5-4-6-19-9/h4-6H,7,14H2,1-3H3,(H,15,18)(H,16,17). The molecule has 0 saturated carbocycles. The molecule has 6 heteroatoms. The molecule has 0 radical (unpaired) electrons. The molecule has 0 atom stereocenters. The Balaban J connectivity index is 2.03. The first kappa shape index (κ1) is 13.6. The number of nitrogens with two attached hydrogens (primary N) is 1. The molecule has 0 aliphatic heterocycles. The summed E-state index contributed by atoms with van der Waals surface area (Å²) in [6.07, 6.45) is 0. The van der Waals surface area contributed by atoms with Crippen molar-refractivity contribution in [3.8, 4) is 0 Å². The number of hydrogen-bond donors (Lipinski definition) is 3. The highest BCUT2D eigenvalue weighted by Gasteiger charge is 2.24. The van der Waals surface area contributed by atoms with E-state index in [0.29, 0.717) is 17.9 Å². The summed E-state index contributed by atoms with van der Waals surface area (Å²) in [6.45, 7) is 6.52. The van der Waals surface area contributed by atoms with Gasteiger partial charge in [-0.15, -0.1) is 11.3 Å². The van der Waals surface area contributed by atoms with E-state index in [9.17, 15) is 4.79 Å². The number of aromatic nitrogens is 2. The first-order valence-corrected chi connectivity index (χ1v) is 6.92. The second-order valence-corrected chi connectivity index (χ2v) is 6.10. The summed E-state index contributed by atoms with van der Waals surface area (Å²) in [5.41, 5.74) is 7.06. The van der Waals surface area contributed by atoms with Gasteiger partial charge in [-0.05, 0) is 18.4 Å². The minimum atomic E-state index is -0.244. The van der Waals surface area contributed by atoms with Crippen molar-refractivity contribution < 1.29 is 4.79 Å². The van der Waals surface area contributed by atoms with Crippen LogP contribution in [0.3, 0.4) is 0 Å². The Bertz CT molecular complexity index is 571. The Hall–Kier alpha value is -1.82. The molecule has 1 amide bonds. The summed E-state index contributed by atoms with van der Waals surface area (Å²) in [6, 6.07) is 4.09. The molecule has 4 N–H and O–H groups in total. The molecule has 0 fully saturated rings. The molecule has 2 rings (SSSR count). The lowest BCUT2D eigenvalue weighted by atomic mass is 9.91. The first-order valence-electron chi connectivity index (χ1n) is 6.04. The highest BCUT2D eigenvalue weighted by molar-refractivity contribution is 7.10. The van der Waals surface area contributed by atoms with E-state index in [0.717, 1.165) is 0 Å². The Labute approximate surface area is 116 Å². The average Bonchev–Trinajstić information content (AvgIpc) is 2.99. The van der Waals surface area contributed by atoms with Crippen molar-refractivity contribution >= 4 is 22.9 Å². The lowest BCUT2D eigenvalue weighted by Crippen LogP contribution is -2.36. The number of H-pyrrole nitrogens is 1. The molecule has 5 nitrogen and oxygen atoms in total. The predicted molar refractivity (Wildman–Crippen MR) is 77.4 cm³/mol. The molecule has 2 heterocycles. The third-order valence-electron chi connectivity index (χ3n) is 3.09. The van der Waals surface area contributed by atoms with Crippen LogP contribution >= 0.6 is 11.3 Å². The fraction of sp³-hybridized carbons (Fsp3) is 0.385. The van der Waals surface area contributed by atoms with Crippen molar-refractivity contribution in [2.45, 2.75) is 26.2 Å². The molecule has 0 aliphatic rings. The van der Waals surface area contributed by atoms with E-state index in [4.69, 9.17) is 5.73 Å². The van der Waals surface area contributed by atoms with Crippen molar-refractivity contribution in [2.24, 2.45) is 0 Å². The fourth-order valence-corrected chi connectivity index (χ4v) is 2.60. The largest absolute Gasteiger partial charge is 0.395 e. The van der Waals surface area contributed by atoms with Gasteiger partial charge in [0.15, 0.2) is 5.69 Å². The van der Waals surface area contributed by atoms with Crippen LogP contribution in [-0.2, 0) is 5.41 Å². The zero-order valence-electron chi connectivity index (χ0n) is 11.3. The number of hydrogen-bond acceptors (Lipinski definition) is 4. The molecule has 0 aliphatic carbocycles. The summed E-state index contributed by atoms with van der Waals surface area (Å²) in [5.74, 6) is -0.244. The average molecular weight is 278 g/mol. The molecule has 0 saturated heterocycles. The van der Waals surface area contributed by atoms with Crippen molar-refractivity contribution in [3.05, 3.63) is 33.8 Å². The topological polar surface area (TPSA) is 83.8 Å². The van der Waals surface area contributed by atoms with E-state index >= 15 is 0 Å². The van der Waals surface area contributed by atoms with Gasteiger partial charge in [-0.2, -0.15) is 5.10 Å². The number of anilines is 1. The van der Waals surface area contributed by atoms with E-state index in [-0.39, 0.29) is 17.0 Å². The van der Waals surface area contributed by atoms with Gasteiger partial charge in [0.2, 0.25) is 0 Å². The maximum Gasteiger partial charge on any atom is 0.273 e. The Morgan fingerprint density at radius 3 is 2.84 bits per heavy atom. The Morgan fingerprint density at radius 2 is 2.32 bits per heavy atom. The molecule has 0 spiro atoms. The lowest BCUT2D eigenvalue weighted by Gasteiger charge is -2.23. The SMILES string of the molecule is Cc1[nH]nc(C(=O)NCC(C)(C)c2cccs2)c1N. The van der Waals surface area contributed by atoms with Gasteiger partial charge >= 0.3 is 0 Å². The number of aromatic amines is 1. The number of rotatable bonds is 4. The monoisotopic (exact) mass is 278 g/mol. The third kappa shape index (κ3) is 2.78. The molecule has 2 aromatic rings. The normalized spacial score (nSPS) is 11.5.